The highest BCUT2D eigenvalue weighted by Crippen LogP contribution is 2.41. The first-order valence-electron chi connectivity index (χ1n) is 10.4. The molecule has 0 fully saturated rings. The fourth-order valence-corrected chi connectivity index (χ4v) is 2.91. The number of ether oxygens (including phenoxy) is 3. The fourth-order valence-electron chi connectivity index (χ4n) is 2.91. The van der Waals surface area contributed by atoms with Gasteiger partial charge in [0.25, 0.3) is 0 Å². The van der Waals surface area contributed by atoms with E-state index in [0.29, 0.717) is 12.2 Å². The monoisotopic (exact) mass is 432 g/mol. The summed E-state index contributed by atoms with van der Waals surface area (Å²) in [6, 6.07) is 3.68. The number of aromatic hydroxyl groups is 1. The van der Waals surface area contributed by atoms with Crippen molar-refractivity contribution in [1.82, 2.24) is 0 Å². The van der Waals surface area contributed by atoms with Crippen LogP contribution in [-0.4, -0.2) is 36.9 Å². The molecule has 0 amide bonds. The molecule has 6 nitrogen and oxygen atoms in total. The molecule has 1 atom stereocenters. The van der Waals surface area contributed by atoms with Crippen LogP contribution in [0.25, 0.3) is 0 Å². The summed E-state index contributed by atoms with van der Waals surface area (Å²) < 4.78 is 16.3. The zero-order valence-corrected chi connectivity index (χ0v) is 19.6. The molecule has 1 N–H and O–H groups in total. The van der Waals surface area contributed by atoms with Gasteiger partial charge < -0.3 is 19.3 Å². The second kappa shape index (κ2) is 11.0. The third-order valence-electron chi connectivity index (χ3n) is 4.75. The van der Waals surface area contributed by atoms with Gasteiger partial charge >= 0.3 is 11.9 Å². The molecular weight excluding hydrogens is 396 g/mol. The molecular formula is C25H36O6. The molecule has 1 unspecified atom stereocenters. The Morgan fingerprint density at radius 3 is 1.87 bits per heavy atom. The van der Waals surface area contributed by atoms with Gasteiger partial charge in [-0.25, -0.2) is 9.59 Å². The van der Waals surface area contributed by atoms with Crippen molar-refractivity contribution in [3.05, 3.63) is 48.6 Å². The van der Waals surface area contributed by atoms with Crippen molar-refractivity contribution in [1.29, 1.82) is 0 Å². The number of esters is 2. The van der Waals surface area contributed by atoms with Crippen LogP contribution in [0.4, 0.5) is 0 Å². The molecule has 0 spiro atoms. The summed E-state index contributed by atoms with van der Waals surface area (Å²) in [5, 5.41) is 10.8. The highest BCUT2D eigenvalue weighted by Gasteiger charge is 2.27. The molecule has 0 saturated heterocycles. The normalized spacial score (nSPS) is 12.6. The largest absolute Gasteiger partial charge is 0.507 e. The number of hydrogen-bond donors (Lipinski definition) is 1. The maximum Gasteiger partial charge on any atom is 0.330 e. The Bertz CT molecular complexity index is 760. The summed E-state index contributed by atoms with van der Waals surface area (Å²) in [6.07, 6.45) is 2.64. The summed E-state index contributed by atoms with van der Waals surface area (Å²) in [7, 11) is 0. The molecule has 0 bridgehead atoms. The van der Waals surface area contributed by atoms with Crippen molar-refractivity contribution < 1.29 is 28.9 Å². The summed E-state index contributed by atoms with van der Waals surface area (Å²) in [5.41, 5.74) is 1.04. The van der Waals surface area contributed by atoms with Crippen molar-refractivity contribution in [3.8, 4) is 11.5 Å². The quantitative estimate of drug-likeness (QED) is 0.421. The van der Waals surface area contributed by atoms with Crippen LogP contribution in [-0.2, 0) is 29.9 Å². The summed E-state index contributed by atoms with van der Waals surface area (Å²) in [5.74, 6) is -0.337. The first-order valence-corrected chi connectivity index (χ1v) is 10.4. The van der Waals surface area contributed by atoms with E-state index < -0.39 is 11.9 Å². The third-order valence-corrected chi connectivity index (χ3v) is 4.75. The van der Waals surface area contributed by atoms with Gasteiger partial charge in [0.05, 0.1) is 19.8 Å². The van der Waals surface area contributed by atoms with E-state index in [4.69, 9.17) is 14.2 Å². The number of rotatable bonds is 10. The van der Waals surface area contributed by atoms with Crippen LogP contribution >= 0.6 is 0 Å². The molecule has 172 valence electrons. The van der Waals surface area contributed by atoms with E-state index in [9.17, 15) is 14.7 Å². The zero-order chi connectivity index (χ0) is 23.8. The lowest BCUT2D eigenvalue weighted by Crippen LogP contribution is -2.23. The molecule has 31 heavy (non-hydrogen) atoms. The minimum absolute atomic E-state index is 0.104. The van der Waals surface area contributed by atoms with Gasteiger partial charge in [-0.3, -0.25) is 0 Å². The van der Waals surface area contributed by atoms with E-state index in [1.165, 1.54) is 0 Å². The molecule has 6 heteroatoms. The van der Waals surface area contributed by atoms with Gasteiger partial charge in [0.15, 0.2) is 0 Å². The molecule has 1 aromatic rings. The van der Waals surface area contributed by atoms with Gasteiger partial charge in [0.2, 0.25) is 0 Å². The summed E-state index contributed by atoms with van der Waals surface area (Å²) >= 11 is 0. The van der Waals surface area contributed by atoms with E-state index in [-0.39, 0.29) is 42.3 Å². The minimum atomic E-state index is -0.525. The lowest BCUT2D eigenvalue weighted by molar-refractivity contribution is -0.142. The van der Waals surface area contributed by atoms with Crippen LogP contribution in [0, 0.1) is 5.92 Å². The van der Waals surface area contributed by atoms with E-state index in [2.05, 4.69) is 13.2 Å². The smallest absolute Gasteiger partial charge is 0.330 e. The lowest BCUT2D eigenvalue weighted by atomic mass is 9.79. The van der Waals surface area contributed by atoms with E-state index in [0.717, 1.165) is 23.3 Å². The SMILES string of the molecule is C=CC(=O)OCCC(COC(=O)C=C)COc1cc(C(C)(C)C)c(O)c(C(C)(C)C)c1. The van der Waals surface area contributed by atoms with Gasteiger partial charge in [0, 0.05) is 29.2 Å². The van der Waals surface area contributed by atoms with E-state index >= 15 is 0 Å². The number of carbonyl (C=O) groups is 2. The van der Waals surface area contributed by atoms with Crippen molar-refractivity contribution >= 4 is 11.9 Å². The summed E-state index contributed by atoms with van der Waals surface area (Å²) in [6.45, 7) is 19.5. The van der Waals surface area contributed by atoms with Crippen molar-refractivity contribution in [2.45, 2.75) is 58.8 Å². The first-order chi connectivity index (χ1) is 14.3. The minimum Gasteiger partial charge on any atom is -0.507 e. The van der Waals surface area contributed by atoms with Crippen molar-refractivity contribution in [2.75, 3.05) is 19.8 Å². The Morgan fingerprint density at radius 2 is 1.42 bits per heavy atom. The van der Waals surface area contributed by atoms with Crippen LogP contribution in [0.2, 0.25) is 0 Å². The fraction of sp³-hybridized carbons (Fsp3) is 0.520. The molecule has 1 aromatic carbocycles. The Labute approximate surface area is 185 Å². The molecule has 0 radical (unpaired) electrons. The van der Waals surface area contributed by atoms with Gasteiger partial charge in [-0.1, -0.05) is 54.7 Å². The van der Waals surface area contributed by atoms with E-state index in [1.54, 1.807) is 0 Å². The Hall–Kier alpha value is -2.76. The Kier molecular flexibility index (Phi) is 9.35. The van der Waals surface area contributed by atoms with Crippen LogP contribution in [0.15, 0.2) is 37.4 Å². The molecule has 0 aliphatic carbocycles. The van der Waals surface area contributed by atoms with Crippen molar-refractivity contribution in [3.63, 3.8) is 0 Å². The lowest BCUT2D eigenvalue weighted by Gasteiger charge is -2.28. The van der Waals surface area contributed by atoms with Gasteiger partial charge in [-0.15, -0.1) is 0 Å². The van der Waals surface area contributed by atoms with Gasteiger partial charge in [-0.05, 0) is 29.4 Å². The van der Waals surface area contributed by atoms with Crippen LogP contribution in [0.5, 0.6) is 11.5 Å². The standard InChI is InChI=1S/C25H36O6/c1-9-21(26)29-12-11-17(16-31-22(27)10-2)15-30-18-13-19(24(3,4)5)23(28)20(14-18)25(6,7)8/h9-10,13-14,17,28H,1-2,11-12,15-16H2,3-8H3. The third kappa shape index (κ3) is 8.48. The maximum atomic E-state index is 11.5. The molecule has 0 heterocycles. The number of hydrogen-bond acceptors (Lipinski definition) is 6. The molecule has 1 rings (SSSR count). The summed E-state index contributed by atoms with van der Waals surface area (Å²) in [4.78, 5) is 22.7. The predicted octanol–water partition coefficient (Wildman–Crippen LogP) is 4.83. The number of phenols is 1. The number of phenolic OH excluding ortho intramolecular Hbond substituents is 1. The topological polar surface area (TPSA) is 82.1 Å². The van der Waals surface area contributed by atoms with Gasteiger partial charge in [0.1, 0.15) is 11.5 Å². The molecule has 0 saturated carbocycles. The number of benzene rings is 1. The first kappa shape index (κ1) is 26.3. The van der Waals surface area contributed by atoms with Crippen molar-refractivity contribution in [2.24, 2.45) is 5.92 Å². The van der Waals surface area contributed by atoms with Crippen LogP contribution < -0.4 is 4.74 Å². The second-order valence-corrected chi connectivity index (χ2v) is 9.54. The average molecular weight is 433 g/mol. The second-order valence-electron chi connectivity index (χ2n) is 9.54. The van der Waals surface area contributed by atoms with Crippen LogP contribution in [0.1, 0.15) is 59.1 Å². The Balaban J connectivity index is 3.05. The van der Waals surface area contributed by atoms with E-state index in [1.807, 2.05) is 53.7 Å². The average Bonchev–Trinajstić information content (AvgIpc) is 2.67. The molecule has 0 aliphatic rings. The van der Waals surface area contributed by atoms with Crippen LogP contribution in [0.3, 0.4) is 0 Å². The molecule has 0 aromatic heterocycles. The van der Waals surface area contributed by atoms with Gasteiger partial charge in [-0.2, -0.15) is 0 Å². The number of carbonyl (C=O) groups excluding carboxylic acids is 2. The predicted molar refractivity (Wildman–Crippen MR) is 121 cm³/mol. The zero-order valence-electron chi connectivity index (χ0n) is 19.6. The Morgan fingerprint density at radius 1 is 0.935 bits per heavy atom. The maximum absolute atomic E-state index is 11.5. The highest BCUT2D eigenvalue weighted by atomic mass is 16.5. The molecule has 0 aliphatic heterocycles. The highest BCUT2D eigenvalue weighted by molar-refractivity contribution is 5.81.